The third kappa shape index (κ3) is 2.92. The van der Waals surface area contributed by atoms with Crippen molar-refractivity contribution < 1.29 is 18.8 Å². The van der Waals surface area contributed by atoms with E-state index in [1.54, 1.807) is 6.07 Å². The van der Waals surface area contributed by atoms with Crippen molar-refractivity contribution in [2.24, 2.45) is 5.16 Å². The summed E-state index contributed by atoms with van der Waals surface area (Å²) in [6.07, 6.45) is 1.45. The zero-order chi connectivity index (χ0) is 18.3. The van der Waals surface area contributed by atoms with E-state index in [0.29, 0.717) is 18.7 Å². The van der Waals surface area contributed by atoms with E-state index in [-0.39, 0.29) is 34.5 Å². The van der Waals surface area contributed by atoms with Gasteiger partial charge in [-0.15, -0.1) is 10.1 Å². The highest BCUT2D eigenvalue weighted by Crippen LogP contribution is 2.34. The first-order valence-electron chi connectivity index (χ1n) is 8.17. The molecule has 0 unspecified atom stereocenters. The van der Waals surface area contributed by atoms with Gasteiger partial charge in [0.15, 0.2) is 11.5 Å². The quantitative estimate of drug-likeness (QED) is 0.152. The van der Waals surface area contributed by atoms with Crippen LogP contribution in [-0.4, -0.2) is 43.5 Å². The van der Waals surface area contributed by atoms with Crippen LogP contribution in [0, 0.1) is 10.6 Å². The van der Waals surface area contributed by atoms with E-state index in [0.717, 1.165) is 17.5 Å². The lowest BCUT2D eigenvalue weighted by Gasteiger charge is -2.40. The minimum Gasteiger partial charge on any atom is -0.409 e. The van der Waals surface area contributed by atoms with E-state index < -0.39 is 10.1 Å². The van der Waals surface area contributed by atoms with Gasteiger partial charge in [-0.2, -0.15) is 0 Å². The number of halogens is 1. The summed E-state index contributed by atoms with van der Waals surface area (Å²) in [5.74, 6) is 0.537. The number of thiol groups is 1. The number of fused-ring (bicyclic) bond motifs is 1. The monoisotopic (exact) mass is 382 g/mol. The summed E-state index contributed by atoms with van der Waals surface area (Å²) in [6.45, 7) is 0.366. The summed E-state index contributed by atoms with van der Waals surface area (Å²) in [5.41, 5.74) is 2.01. The van der Waals surface area contributed by atoms with Crippen molar-refractivity contribution in [1.82, 2.24) is 15.6 Å². The van der Waals surface area contributed by atoms with Gasteiger partial charge in [0.05, 0.1) is 6.04 Å². The van der Waals surface area contributed by atoms with Crippen LogP contribution in [0.5, 0.6) is 0 Å². The van der Waals surface area contributed by atoms with Crippen LogP contribution in [0.2, 0.25) is 0 Å². The summed E-state index contributed by atoms with van der Waals surface area (Å²) in [7, 11) is -2.57. The predicted molar refractivity (Wildman–Crippen MR) is 94.5 cm³/mol. The average molecular weight is 382 g/mol. The molecule has 4 rings (SSSR count). The van der Waals surface area contributed by atoms with Crippen LogP contribution in [0.15, 0.2) is 28.0 Å². The van der Waals surface area contributed by atoms with Crippen molar-refractivity contribution in [2.75, 3.05) is 17.6 Å². The molecule has 1 aliphatic carbocycles. The van der Waals surface area contributed by atoms with Crippen molar-refractivity contribution in [3.8, 4) is 0 Å². The van der Waals surface area contributed by atoms with Crippen molar-refractivity contribution in [3.05, 3.63) is 40.8 Å². The third-order valence-corrected chi connectivity index (χ3v) is 7.53. The molecule has 2 atom stereocenters. The molecular weight excluding hydrogens is 363 g/mol. The lowest BCUT2D eigenvalue weighted by Crippen LogP contribution is -2.46. The van der Waals surface area contributed by atoms with Gasteiger partial charge in [-0.05, 0) is 46.4 Å². The summed E-state index contributed by atoms with van der Waals surface area (Å²) in [5, 5.41) is 26.0. The number of hydrogen-bond acceptors (Lipinski definition) is 7. The molecule has 2 heterocycles. The third-order valence-electron chi connectivity index (χ3n) is 4.94. The molecule has 11 heteroatoms. The van der Waals surface area contributed by atoms with Crippen molar-refractivity contribution in [3.63, 3.8) is 0 Å². The highest BCUT2D eigenvalue weighted by atomic mass is 32.3. The van der Waals surface area contributed by atoms with Gasteiger partial charge in [0, 0.05) is 17.5 Å². The van der Waals surface area contributed by atoms with E-state index in [9.17, 15) is 14.2 Å². The largest absolute Gasteiger partial charge is 0.409 e. The molecule has 1 aromatic heterocycles. The summed E-state index contributed by atoms with van der Waals surface area (Å²) < 4.78 is 35.8. The Morgan fingerprint density at radius 3 is 3.00 bits per heavy atom. The van der Waals surface area contributed by atoms with Gasteiger partial charge < -0.3 is 20.4 Å². The molecule has 0 saturated carbocycles. The van der Waals surface area contributed by atoms with Crippen LogP contribution >= 0.6 is 0 Å². The van der Waals surface area contributed by atoms with Crippen LogP contribution in [0.4, 0.5) is 10.2 Å². The molecule has 2 aromatic rings. The molecule has 0 amide bonds. The standard InChI is InChI=1S/C15H19FN6O3S/c16-9-2-1-8-5-12(11(8)6-9)19-15(20-23)13-14(22-25-21-13)18-7-10-3-4-26(10,17)24/h1-2,6,10,12,23,26H,3-5,7H2,(H2,17,24)(H,18,22)(H,19,20)/t10-,12-/m0/s1. The fourth-order valence-corrected chi connectivity index (χ4v) is 4.70. The highest BCUT2D eigenvalue weighted by molar-refractivity contribution is 8.00. The number of amidine groups is 1. The number of hydrogen-bond donors (Lipinski definition) is 6. The molecule has 5 N–H and O–H groups in total. The van der Waals surface area contributed by atoms with Gasteiger partial charge in [0.25, 0.3) is 0 Å². The van der Waals surface area contributed by atoms with Crippen LogP contribution in [0.25, 0.3) is 0 Å². The van der Waals surface area contributed by atoms with Crippen molar-refractivity contribution >= 4 is 21.8 Å². The first kappa shape index (κ1) is 16.9. The van der Waals surface area contributed by atoms with E-state index >= 15 is 0 Å². The normalized spacial score (nSPS) is 24.8. The summed E-state index contributed by atoms with van der Waals surface area (Å²) >= 11 is 0. The molecule has 0 spiro atoms. The lowest BCUT2D eigenvalue weighted by atomic mass is 9.83. The van der Waals surface area contributed by atoms with Gasteiger partial charge in [0.2, 0.25) is 5.82 Å². The molecular formula is C15H19FN6O3S. The summed E-state index contributed by atoms with van der Waals surface area (Å²) in [6, 6.07) is 4.39. The van der Waals surface area contributed by atoms with Gasteiger partial charge >= 0.3 is 0 Å². The Hall–Kier alpha value is -2.53. The zero-order valence-corrected chi connectivity index (χ0v) is 14.6. The average Bonchev–Trinajstić information content (AvgIpc) is 3.05. The van der Waals surface area contributed by atoms with E-state index in [4.69, 9.17) is 9.41 Å². The van der Waals surface area contributed by atoms with E-state index in [1.807, 2.05) is 0 Å². The van der Waals surface area contributed by atoms with Crippen molar-refractivity contribution in [2.45, 2.75) is 24.1 Å². The lowest BCUT2D eigenvalue weighted by molar-refractivity contribution is 0.303. The van der Waals surface area contributed by atoms with Crippen LogP contribution in [-0.2, 0) is 16.5 Å². The molecule has 9 nitrogen and oxygen atoms in total. The Morgan fingerprint density at radius 1 is 1.46 bits per heavy atom. The van der Waals surface area contributed by atoms with Gasteiger partial charge in [0.1, 0.15) is 5.82 Å². The van der Waals surface area contributed by atoms with Gasteiger partial charge in [-0.3, -0.25) is 4.78 Å². The number of rotatable bonds is 5. The van der Waals surface area contributed by atoms with E-state index in [2.05, 4.69) is 26.1 Å². The molecule has 1 fully saturated rings. The Bertz CT molecular complexity index is 917. The topological polar surface area (TPSA) is 140 Å². The van der Waals surface area contributed by atoms with Crippen LogP contribution in [0.3, 0.4) is 0 Å². The number of benzene rings is 1. The first-order valence-corrected chi connectivity index (χ1v) is 10.2. The fourth-order valence-electron chi connectivity index (χ4n) is 3.20. The molecule has 1 aliphatic heterocycles. The maximum atomic E-state index is 13.4. The number of nitrogens with zero attached hydrogens (tertiary/aromatic N) is 3. The minimum atomic E-state index is -2.57. The molecule has 1 saturated heterocycles. The molecule has 140 valence electrons. The molecule has 0 radical (unpaired) electrons. The van der Waals surface area contributed by atoms with Crippen molar-refractivity contribution in [1.29, 1.82) is 4.78 Å². The second kappa shape index (κ2) is 6.32. The van der Waals surface area contributed by atoms with E-state index in [1.165, 1.54) is 12.1 Å². The number of anilines is 1. The molecule has 26 heavy (non-hydrogen) atoms. The SMILES string of the molecule is N=[SH]1(O)CC[C@H]1CNc1nonc1/C(=N\O)N[C@H]1Cc2ccc(F)cc21. The maximum absolute atomic E-state index is 13.4. The van der Waals surface area contributed by atoms with Crippen LogP contribution in [0.1, 0.15) is 29.3 Å². The Kier molecular flexibility index (Phi) is 4.11. The predicted octanol–water partition coefficient (Wildman–Crippen LogP) is 1.54. The number of oxime groups is 1. The van der Waals surface area contributed by atoms with Gasteiger partial charge in [-0.25, -0.2) is 9.02 Å². The number of aromatic nitrogens is 2. The second-order valence-corrected chi connectivity index (χ2v) is 9.36. The maximum Gasteiger partial charge on any atom is 0.202 e. The molecule has 2 aliphatic rings. The highest BCUT2D eigenvalue weighted by Gasteiger charge is 2.32. The Morgan fingerprint density at radius 2 is 2.31 bits per heavy atom. The Labute approximate surface area is 149 Å². The minimum absolute atomic E-state index is 0.0539. The second-order valence-electron chi connectivity index (χ2n) is 6.53. The summed E-state index contributed by atoms with van der Waals surface area (Å²) in [4.78, 5) is 0. The first-order chi connectivity index (χ1) is 12.5. The fraction of sp³-hybridized carbons (Fsp3) is 0.400. The van der Waals surface area contributed by atoms with Crippen LogP contribution < -0.4 is 10.6 Å². The molecule has 1 aromatic carbocycles. The smallest absolute Gasteiger partial charge is 0.202 e. The molecule has 0 bridgehead atoms. The Balaban J connectivity index is 1.45. The van der Waals surface area contributed by atoms with Gasteiger partial charge in [-0.1, -0.05) is 11.2 Å². The number of nitrogens with one attached hydrogen (secondary N) is 3. The zero-order valence-electron chi connectivity index (χ0n) is 13.7.